The molecule has 1 aliphatic heterocycles. The zero-order valence-electron chi connectivity index (χ0n) is 12.9. The van der Waals surface area contributed by atoms with Crippen LogP contribution >= 0.6 is 0 Å². The first kappa shape index (κ1) is 15.7. The van der Waals surface area contributed by atoms with Crippen molar-refractivity contribution in [2.24, 2.45) is 0 Å². The quantitative estimate of drug-likeness (QED) is 0.477. The summed E-state index contributed by atoms with van der Waals surface area (Å²) >= 11 is 0. The Hall–Kier alpha value is -1.67. The first-order valence-electron chi connectivity index (χ1n) is 6.80. The molecule has 0 unspecified atom stereocenters. The lowest BCUT2D eigenvalue weighted by Gasteiger charge is -2.32. The molecule has 0 radical (unpaired) electrons. The van der Waals surface area contributed by atoms with E-state index >= 15 is 0 Å². The van der Waals surface area contributed by atoms with Crippen LogP contribution in [0.2, 0.25) is 0 Å². The minimum atomic E-state index is -0.746. The van der Waals surface area contributed by atoms with Crippen molar-refractivity contribution in [3.05, 3.63) is 22.5 Å². The fourth-order valence-electron chi connectivity index (χ4n) is 2.02. The van der Waals surface area contributed by atoms with E-state index in [1.165, 1.54) is 12.4 Å². The molecule has 2 rings (SSSR count). The Morgan fingerprint density at radius 2 is 1.86 bits per heavy atom. The zero-order valence-corrected chi connectivity index (χ0v) is 12.9. The number of nitro groups is 1. The summed E-state index contributed by atoms with van der Waals surface area (Å²) in [6.45, 7) is 9.72. The Balaban J connectivity index is 2.46. The van der Waals surface area contributed by atoms with E-state index in [0.29, 0.717) is 12.1 Å². The molecular weight excluding hydrogens is 275 g/mol. The van der Waals surface area contributed by atoms with E-state index in [9.17, 15) is 10.1 Å². The van der Waals surface area contributed by atoms with Crippen LogP contribution in [0.5, 0.6) is 5.75 Å². The van der Waals surface area contributed by atoms with Crippen molar-refractivity contribution in [1.29, 1.82) is 0 Å². The predicted octanol–water partition coefficient (Wildman–Crippen LogP) is 1.69. The SMILES string of the molecule is CCOc1c(B2OC(C)(C)C(C)(C)O2)cncc1[N+](=O)[O-]. The van der Waals surface area contributed by atoms with Gasteiger partial charge in [0.05, 0.1) is 28.2 Å². The summed E-state index contributed by atoms with van der Waals surface area (Å²) in [7, 11) is -0.746. The van der Waals surface area contributed by atoms with Crippen LogP contribution < -0.4 is 10.2 Å². The van der Waals surface area contributed by atoms with Crippen molar-refractivity contribution in [3.63, 3.8) is 0 Å². The maximum Gasteiger partial charge on any atom is 0.500 e. The number of hydrogen-bond donors (Lipinski definition) is 0. The van der Waals surface area contributed by atoms with Crippen LogP contribution in [0.25, 0.3) is 0 Å². The molecule has 21 heavy (non-hydrogen) atoms. The lowest BCUT2D eigenvalue weighted by atomic mass is 9.79. The van der Waals surface area contributed by atoms with Gasteiger partial charge in [-0.05, 0) is 34.6 Å². The summed E-state index contributed by atoms with van der Waals surface area (Å²) in [6.07, 6.45) is 2.65. The van der Waals surface area contributed by atoms with Gasteiger partial charge in [-0.2, -0.15) is 0 Å². The number of nitrogens with zero attached hydrogens (tertiary/aromatic N) is 2. The van der Waals surface area contributed by atoms with E-state index < -0.39 is 23.2 Å². The molecule has 1 fully saturated rings. The van der Waals surface area contributed by atoms with Gasteiger partial charge in [-0.15, -0.1) is 0 Å². The third kappa shape index (κ3) is 2.73. The van der Waals surface area contributed by atoms with Crippen molar-refractivity contribution >= 4 is 18.3 Å². The Bertz CT molecular complexity index is 545. The molecule has 0 aromatic carbocycles. The van der Waals surface area contributed by atoms with Crippen LogP contribution in [0.3, 0.4) is 0 Å². The maximum absolute atomic E-state index is 11.1. The zero-order chi connectivity index (χ0) is 15.8. The number of ether oxygens (including phenoxy) is 1. The Morgan fingerprint density at radius 3 is 2.33 bits per heavy atom. The fraction of sp³-hybridized carbons (Fsp3) is 0.615. The summed E-state index contributed by atoms with van der Waals surface area (Å²) in [5, 5.41) is 11.1. The Kier molecular flexibility index (Phi) is 3.94. The van der Waals surface area contributed by atoms with Gasteiger partial charge >= 0.3 is 12.8 Å². The standard InChI is InChI=1S/C13H19BN2O5/c1-6-19-11-9(7-15-8-10(11)16(17)18)14-20-12(2,3)13(4,5)21-14/h7-8H,6H2,1-5H3. The van der Waals surface area contributed by atoms with Crippen LogP contribution in [0.1, 0.15) is 34.6 Å². The molecule has 1 aromatic heterocycles. The molecule has 0 spiro atoms. The van der Waals surface area contributed by atoms with Gasteiger partial charge in [-0.1, -0.05) is 0 Å². The van der Waals surface area contributed by atoms with Crippen molar-refractivity contribution in [2.75, 3.05) is 6.61 Å². The molecular formula is C13H19BN2O5. The normalized spacial score (nSPS) is 19.6. The monoisotopic (exact) mass is 294 g/mol. The topological polar surface area (TPSA) is 83.7 Å². The highest BCUT2D eigenvalue weighted by atomic mass is 16.7. The van der Waals surface area contributed by atoms with Crippen molar-refractivity contribution in [1.82, 2.24) is 4.98 Å². The number of rotatable bonds is 4. The van der Waals surface area contributed by atoms with E-state index in [1.54, 1.807) is 6.92 Å². The molecule has 0 saturated carbocycles. The smallest absolute Gasteiger partial charge is 0.487 e. The third-order valence-corrected chi connectivity index (χ3v) is 3.90. The van der Waals surface area contributed by atoms with Crippen LogP contribution in [0.15, 0.2) is 12.4 Å². The summed E-state index contributed by atoms with van der Waals surface area (Å²) in [5.41, 5.74) is -0.828. The second-order valence-corrected chi connectivity index (χ2v) is 5.86. The van der Waals surface area contributed by atoms with Gasteiger partial charge in [-0.25, -0.2) is 0 Å². The number of pyridine rings is 1. The number of hydrogen-bond acceptors (Lipinski definition) is 6. The van der Waals surface area contributed by atoms with E-state index in [1.807, 2.05) is 27.7 Å². The van der Waals surface area contributed by atoms with E-state index in [2.05, 4.69) is 4.98 Å². The van der Waals surface area contributed by atoms with Crippen molar-refractivity contribution in [3.8, 4) is 5.75 Å². The lowest BCUT2D eigenvalue weighted by molar-refractivity contribution is -0.386. The summed E-state index contributed by atoms with van der Waals surface area (Å²) in [4.78, 5) is 14.5. The van der Waals surface area contributed by atoms with Crippen molar-refractivity contribution < 1.29 is 19.0 Å². The highest BCUT2D eigenvalue weighted by Crippen LogP contribution is 2.38. The van der Waals surface area contributed by atoms with Crippen molar-refractivity contribution in [2.45, 2.75) is 45.8 Å². The third-order valence-electron chi connectivity index (χ3n) is 3.90. The molecule has 0 aliphatic carbocycles. The second-order valence-electron chi connectivity index (χ2n) is 5.86. The van der Waals surface area contributed by atoms with Gasteiger partial charge in [0.15, 0.2) is 5.75 Å². The molecule has 0 atom stereocenters. The van der Waals surface area contributed by atoms with Gasteiger partial charge < -0.3 is 14.0 Å². The highest BCUT2D eigenvalue weighted by Gasteiger charge is 2.53. The molecule has 2 heterocycles. The molecule has 1 aliphatic rings. The molecule has 8 heteroatoms. The minimum absolute atomic E-state index is 0.149. The predicted molar refractivity (Wildman–Crippen MR) is 77.8 cm³/mol. The first-order valence-corrected chi connectivity index (χ1v) is 6.80. The second kappa shape index (κ2) is 5.27. The highest BCUT2D eigenvalue weighted by molar-refractivity contribution is 6.63. The number of aromatic nitrogens is 1. The van der Waals surface area contributed by atoms with Crippen LogP contribution in [0.4, 0.5) is 5.69 Å². The Labute approximate surface area is 123 Å². The van der Waals surface area contributed by atoms with Gasteiger partial charge in [0.25, 0.3) is 0 Å². The summed E-state index contributed by atoms with van der Waals surface area (Å²) in [5.74, 6) is 0.149. The summed E-state index contributed by atoms with van der Waals surface area (Å²) < 4.78 is 17.3. The average molecular weight is 294 g/mol. The van der Waals surface area contributed by atoms with Gasteiger partial charge in [0.2, 0.25) is 0 Å². The van der Waals surface area contributed by atoms with E-state index in [0.717, 1.165) is 0 Å². The van der Waals surface area contributed by atoms with Gasteiger partial charge in [0, 0.05) is 6.20 Å². The van der Waals surface area contributed by atoms with Crippen LogP contribution in [-0.2, 0) is 9.31 Å². The van der Waals surface area contributed by atoms with E-state index in [-0.39, 0.29) is 11.4 Å². The molecule has 1 saturated heterocycles. The van der Waals surface area contributed by atoms with E-state index in [4.69, 9.17) is 14.0 Å². The minimum Gasteiger partial charge on any atom is -0.487 e. The van der Waals surface area contributed by atoms with Crippen LogP contribution in [0, 0.1) is 10.1 Å². The summed E-state index contributed by atoms with van der Waals surface area (Å²) in [6, 6.07) is 0. The average Bonchev–Trinajstić information content (AvgIpc) is 2.58. The van der Waals surface area contributed by atoms with Gasteiger partial charge in [0.1, 0.15) is 6.20 Å². The maximum atomic E-state index is 11.1. The molecule has 0 amide bonds. The molecule has 0 N–H and O–H groups in total. The lowest BCUT2D eigenvalue weighted by Crippen LogP contribution is -2.41. The fourth-order valence-corrected chi connectivity index (χ4v) is 2.02. The Morgan fingerprint density at radius 1 is 1.29 bits per heavy atom. The first-order chi connectivity index (χ1) is 9.69. The van der Waals surface area contributed by atoms with Gasteiger partial charge in [-0.3, -0.25) is 15.1 Å². The van der Waals surface area contributed by atoms with Crippen LogP contribution in [-0.4, -0.2) is 34.8 Å². The largest absolute Gasteiger partial charge is 0.500 e. The molecule has 7 nitrogen and oxygen atoms in total. The molecule has 1 aromatic rings. The molecule has 114 valence electrons. The molecule has 0 bridgehead atoms.